The molecule has 0 saturated heterocycles. The van der Waals surface area contributed by atoms with E-state index in [9.17, 15) is 4.55 Å². The smallest absolute Gasteiger partial charge is 0.170 e. The molecule has 1 unspecified atom stereocenters. The molecule has 0 aliphatic carbocycles. The number of aromatic nitrogens is 3. The zero-order chi connectivity index (χ0) is 17.2. The third-order valence-electron chi connectivity index (χ3n) is 3.86. The second-order valence-electron chi connectivity index (χ2n) is 5.44. The molecule has 3 heterocycles. The first-order chi connectivity index (χ1) is 12.3. The van der Waals surface area contributed by atoms with Crippen LogP contribution in [0.3, 0.4) is 0 Å². The molecule has 0 N–H and O–H groups in total. The topological polar surface area (TPSA) is 61.7 Å². The third kappa shape index (κ3) is 3.16. The van der Waals surface area contributed by atoms with E-state index in [0.717, 1.165) is 36.9 Å². The molecule has 3 aromatic heterocycles. The number of nitrogens with zero attached hydrogens (tertiary/aromatic N) is 3. The Labute approximate surface area is 152 Å². The van der Waals surface area contributed by atoms with Crippen LogP contribution in [0.15, 0.2) is 66.0 Å². The minimum absolute atomic E-state index is 0.596. The lowest BCUT2D eigenvalue weighted by molar-refractivity contribution is 0.596. The van der Waals surface area contributed by atoms with Gasteiger partial charge < -0.3 is 4.55 Å². The van der Waals surface area contributed by atoms with Gasteiger partial charge in [0.15, 0.2) is 10.5 Å². The summed E-state index contributed by atoms with van der Waals surface area (Å²) in [5, 5.41) is 0.901. The van der Waals surface area contributed by atoms with Crippen molar-refractivity contribution in [1.82, 2.24) is 15.0 Å². The van der Waals surface area contributed by atoms with Crippen LogP contribution < -0.4 is 0 Å². The Hall–Kier alpha value is -2.28. The second kappa shape index (κ2) is 6.92. The molecule has 25 heavy (non-hydrogen) atoms. The van der Waals surface area contributed by atoms with Crippen molar-refractivity contribution in [2.75, 3.05) is 5.75 Å². The summed E-state index contributed by atoms with van der Waals surface area (Å²) >= 11 is 0.581. The summed E-state index contributed by atoms with van der Waals surface area (Å²) in [5.74, 6) is 0.596. The summed E-state index contributed by atoms with van der Waals surface area (Å²) in [5.41, 5.74) is 3.64. The summed E-state index contributed by atoms with van der Waals surface area (Å²) in [6.45, 7) is 1.93. The van der Waals surface area contributed by atoms with Gasteiger partial charge in [-0.3, -0.25) is 4.98 Å². The van der Waals surface area contributed by atoms with Crippen LogP contribution in [0.2, 0.25) is 0 Å². The van der Waals surface area contributed by atoms with Crippen molar-refractivity contribution in [3.8, 4) is 21.7 Å². The summed E-state index contributed by atoms with van der Waals surface area (Å²) in [6.07, 6.45) is 5.36. The fourth-order valence-corrected chi connectivity index (χ4v) is 4.57. The summed E-state index contributed by atoms with van der Waals surface area (Å²) in [7, 11) is 0. The van der Waals surface area contributed by atoms with Crippen molar-refractivity contribution in [2.45, 2.75) is 11.8 Å². The average Bonchev–Trinajstić information content (AvgIpc) is 3.11. The number of pyridine rings is 2. The lowest BCUT2D eigenvalue weighted by atomic mass is 10.1. The Balaban J connectivity index is 1.80. The molecule has 0 amide bonds. The normalized spacial score (nSPS) is 12.4. The molecule has 0 aliphatic heterocycles. The summed E-state index contributed by atoms with van der Waals surface area (Å²) in [6, 6.07) is 13.8. The summed E-state index contributed by atoms with van der Waals surface area (Å²) < 4.78 is 13.3. The van der Waals surface area contributed by atoms with Gasteiger partial charge in [0.05, 0.1) is 4.70 Å². The first kappa shape index (κ1) is 16.2. The molecule has 0 fully saturated rings. The van der Waals surface area contributed by atoms with Gasteiger partial charge in [-0.2, -0.15) is 0 Å². The maximum Gasteiger partial charge on any atom is 0.170 e. The highest BCUT2D eigenvalue weighted by atomic mass is 32.2. The fourth-order valence-electron chi connectivity index (χ4n) is 2.64. The summed E-state index contributed by atoms with van der Waals surface area (Å²) in [4.78, 5) is 14.1. The van der Waals surface area contributed by atoms with Gasteiger partial charge in [-0.1, -0.05) is 12.1 Å². The van der Waals surface area contributed by atoms with E-state index in [2.05, 4.69) is 21.0 Å². The van der Waals surface area contributed by atoms with Crippen LogP contribution in [-0.4, -0.2) is 25.3 Å². The Morgan fingerprint density at radius 3 is 2.76 bits per heavy atom. The molecule has 0 aliphatic rings. The number of benzene rings is 1. The molecule has 0 spiro atoms. The molecular weight excluding hydrogens is 350 g/mol. The van der Waals surface area contributed by atoms with Gasteiger partial charge in [0.2, 0.25) is 0 Å². The van der Waals surface area contributed by atoms with Crippen molar-refractivity contribution in [1.29, 1.82) is 0 Å². The zero-order valence-corrected chi connectivity index (χ0v) is 15.2. The third-order valence-corrected chi connectivity index (χ3v) is 6.27. The van der Waals surface area contributed by atoms with Crippen molar-refractivity contribution in [3.63, 3.8) is 0 Å². The van der Waals surface area contributed by atoms with Gasteiger partial charge in [-0.15, -0.1) is 11.3 Å². The maximum atomic E-state index is 12.3. The molecule has 0 bridgehead atoms. The van der Waals surface area contributed by atoms with Crippen molar-refractivity contribution in [3.05, 3.63) is 61.1 Å². The van der Waals surface area contributed by atoms with Crippen molar-refractivity contribution in [2.24, 2.45) is 0 Å². The van der Waals surface area contributed by atoms with Gasteiger partial charge in [0.1, 0.15) is 10.8 Å². The quantitative estimate of drug-likeness (QED) is 0.498. The van der Waals surface area contributed by atoms with Gasteiger partial charge in [-0.25, -0.2) is 9.97 Å². The molecule has 1 atom stereocenters. The minimum atomic E-state index is -1.01. The fraction of sp³-hybridized carbons (Fsp3) is 0.105. The average molecular weight is 365 g/mol. The van der Waals surface area contributed by atoms with E-state index in [0.29, 0.717) is 5.75 Å². The maximum absolute atomic E-state index is 12.3. The molecular formula is C19H15N3OS2. The number of thiazole rings is 1. The van der Waals surface area contributed by atoms with E-state index >= 15 is 0 Å². The van der Waals surface area contributed by atoms with Crippen molar-refractivity contribution >= 4 is 32.9 Å². The molecule has 0 saturated carbocycles. The second-order valence-corrected chi connectivity index (χ2v) is 8.18. The molecule has 6 heteroatoms. The van der Waals surface area contributed by atoms with Crippen LogP contribution in [0, 0.1) is 0 Å². The minimum Gasteiger partial charge on any atom is -0.611 e. The van der Waals surface area contributed by atoms with E-state index in [1.54, 1.807) is 29.9 Å². The largest absolute Gasteiger partial charge is 0.611 e. The predicted octanol–water partition coefficient (Wildman–Crippen LogP) is 4.55. The number of fused-ring (bicyclic) bond motifs is 1. The van der Waals surface area contributed by atoms with E-state index < -0.39 is 11.2 Å². The van der Waals surface area contributed by atoms with Crippen LogP contribution in [0.5, 0.6) is 0 Å². The first-order valence-electron chi connectivity index (χ1n) is 7.91. The van der Waals surface area contributed by atoms with Crippen molar-refractivity contribution < 1.29 is 4.55 Å². The number of hydrogen-bond acceptors (Lipinski definition) is 5. The molecule has 0 radical (unpaired) electrons. The molecule has 4 aromatic rings. The zero-order valence-electron chi connectivity index (χ0n) is 13.5. The highest BCUT2D eigenvalue weighted by Gasteiger charge is 2.16. The van der Waals surface area contributed by atoms with Crippen LogP contribution in [-0.2, 0) is 11.2 Å². The highest BCUT2D eigenvalue weighted by Crippen LogP contribution is 2.33. The van der Waals surface area contributed by atoms with Gasteiger partial charge >= 0.3 is 0 Å². The van der Waals surface area contributed by atoms with Crippen LogP contribution in [0.25, 0.3) is 32.0 Å². The molecule has 1 aromatic carbocycles. The highest BCUT2D eigenvalue weighted by molar-refractivity contribution is 7.91. The van der Waals surface area contributed by atoms with Gasteiger partial charge in [0.25, 0.3) is 0 Å². The van der Waals surface area contributed by atoms with Gasteiger partial charge in [0, 0.05) is 35.3 Å². The van der Waals surface area contributed by atoms with Crippen LogP contribution >= 0.6 is 11.3 Å². The lowest BCUT2D eigenvalue weighted by Gasteiger charge is -2.12. The Morgan fingerprint density at radius 2 is 1.96 bits per heavy atom. The molecule has 4 rings (SSSR count). The van der Waals surface area contributed by atoms with Crippen LogP contribution in [0.4, 0.5) is 0 Å². The monoisotopic (exact) mass is 365 g/mol. The molecule has 124 valence electrons. The Bertz CT molecular complexity index is 1020. The molecule has 4 nitrogen and oxygen atoms in total. The van der Waals surface area contributed by atoms with E-state index in [-0.39, 0.29) is 0 Å². The number of rotatable bonds is 4. The van der Waals surface area contributed by atoms with Gasteiger partial charge in [-0.05, 0) is 48.4 Å². The number of hydrogen-bond donors (Lipinski definition) is 0. The standard InChI is InChI=1S/C19H15N3OS2/c1-2-25(23)17-8-4-3-7-15(17)14-10-16-18(21-12-14)22-19(24-16)13-6-5-9-20-11-13/h3-12H,2H2,1H3. The SMILES string of the molecule is CC[S+]([O-])c1ccccc1-c1cnc2nc(-c3cccnc3)sc2c1. The Kier molecular flexibility index (Phi) is 4.48. The lowest BCUT2D eigenvalue weighted by Crippen LogP contribution is -2.05. The van der Waals surface area contributed by atoms with E-state index in [1.807, 2.05) is 43.3 Å². The van der Waals surface area contributed by atoms with E-state index in [1.165, 1.54) is 0 Å². The predicted molar refractivity (Wildman–Crippen MR) is 103 cm³/mol. The Morgan fingerprint density at radius 1 is 1.08 bits per heavy atom. The first-order valence-corrected chi connectivity index (χ1v) is 10.0. The van der Waals surface area contributed by atoms with E-state index in [4.69, 9.17) is 0 Å². The van der Waals surface area contributed by atoms with Crippen LogP contribution in [0.1, 0.15) is 6.92 Å².